The predicted octanol–water partition coefficient (Wildman–Crippen LogP) is 2.90. The van der Waals surface area contributed by atoms with E-state index in [1.807, 2.05) is 0 Å². The topological polar surface area (TPSA) is 58.6 Å². The minimum absolute atomic E-state index is 0.0176. The van der Waals surface area contributed by atoms with Crippen LogP contribution in [0.25, 0.3) is 0 Å². The Morgan fingerprint density at radius 3 is 2.28 bits per heavy atom. The van der Waals surface area contributed by atoms with Gasteiger partial charge in [0.25, 0.3) is 0 Å². The summed E-state index contributed by atoms with van der Waals surface area (Å²) >= 11 is 0. The van der Waals surface area contributed by atoms with Crippen LogP contribution in [0.5, 0.6) is 0 Å². The highest BCUT2D eigenvalue weighted by Crippen LogP contribution is 2.36. The van der Waals surface area contributed by atoms with Crippen LogP contribution in [0.1, 0.15) is 26.7 Å². The molecule has 1 fully saturated rings. The number of aliphatic hydroxyl groups excluding tert-OH is 1. The second-order valence-corrected chi connectivity index (χ2v) is 4.85. The van der Waals surface area contributed by atoms with E-state index in [1.165, 1.54) is 0 Å². The quantitative estimate of drug-likeness (QED) is 0.770. The van der Waals surface area contributed by atoms with E-state index < -0.39 is 23.9 Å². The molecule has 0 aromatic rings. The molecule has 1 saturated carbocycles. The van der Waals surface area contributed by atoms with Crippen molar-refractivity contribution in [1.29, 1.82) is 0 Å². The molecule has 2 N–H and O–H groups in total. The summed E-state index contributed by atoms with van der Waals surface area (Å²) in [5.74, 6) is -0.261. The number of carbonyl (C=O) groups excluding carboxylic acids is 1. The lowest BCUT2D eigenvalue weighted by Crippen LogP contribution is -2.48. The van der Waals surface area contributed by atoms with Gasteiger partial charge >= 0.3 is 12.3 Å². The summed E-state index contributed by atoms with van der Waals surface area (Å²) < 4.78 is 41.8. The van der Waals surface area contributed by atoms with E-state index >= 15 is 0 Å². The highest BCUT2D eigenvalue weighted by molar-refractivity contribution is 5.68. The molecular formula is C11H16F3NO3. The van der Waals surface area contributed by atoms with Gasteiger partial charge in [-0.05, 0) is 32.6 Å². The van der Waals surface area contributed by atoms with Crippen molar-refractivity contribution in [3.8, 4) is 0 Å². The molecule has 0 heterocycles. The van der Waals surface area contributed by atoms with Crippen molar-refractivity contribution in [1.82, 2.24) is 5.32 Å². The number of alkyl halides is 3. The summed E-state index contributed by atoms with van der Waals surface area (Å²) in [6.07, 6.45) is -4.31. The van der Waals surface area contributed by atoms with E-state index in [1.54, 1.807) is 0 Å². The Bertz CT molecular complexity index is 348. The molecule has 0 spiro atoms. The van der Waals surface area contributed by atoms with E-state index in [-0.39, 0.29) is 11.7 Å². The van der Waals surface area contributed by atoms with Gasteiger partial charge in [0.05, 0.1) is 6.04 Å². The molecule has 0 bridgehead atoms. The van der Waals surface area contributed by atoms with Crippen LogP contribution in [-0.4, -0.2) is 29.0 Å². The summed E-state index contributed by atoms with van der Waals surface area (Å²) in [6, 6.07) is -0.749. The second kappa shape index (κ2) is 4.70. The van der Waals surface area contributed by atoms with Crippen molar-refractivity contribution < 1.29 is 27.8 Å². The maximum Gasteiger partial charge on any atom is 0.427 e. The first-order valence-electron chi connectivity index (χ1n) is 5.48. The molecule has 4 nitrogen and oxygen atoms in total. The van der Waals surface area contributed by atoms with Gasteiger partial charge in [0.1, 0.15) is 5.76 Å². The van der Waals surface area contributed by atoms with Crippen LogP contribution < -0.4 is 5.32 Å². The van der Waals surface area contributed by atoms with E-state index in [4.69, 9.17) is 0 Å². The van der Waals surface area contributed by atoms with Crippen molar-refractivity contribution in [3.63, 3.8) is 0 Å². The molecule has 1 aliphatic carbocycles. The minimum Gasteiger partial charge on any atom is -0.511 e. The monoisotopic (exact) mass is 267 g/mol. The molecule has 0 aromatic carbocycles. The first-order chi connectivity index (χ1) is 8.04. The average Bonchev–Trinajstić information content (AvgIpc) is 2.94. The summed E-state index contributed by atoms with van der Waals surface area (Å²) in [6.45, 7) is 4.79. The fourth-order valence-corrected chi connectivity index (χ4v) is 1.35. The third-order valence-corrected chi connectivity index (χ3v) is 2.76. The van der Waals surface area contributed by atoms with Crippen LogP contribution in [0.2, 0.25) is 0 Å². The molecule has 0 radical (unpaired) electrons. The van der Waals surface area contributed by atoms with E-state index in [9.17, 15) is 23.1 Å². The zero-order valence-corrected chi connectivity index (χ0v) is 10.2. The van der Waals surface area contributed by atoms with Crippen molar-refractivity contribution in [3.05, 3.63) is 12.3 Å². The summed E-state index contributed by atoms with van der Waals surface area (Å²) in [5, 5.41) is 11.4. The van der Waals surface area contributed by atoms with Crippen LogP contribution in [0.4, 0.5) is 18.0 Å². The fraction of sp³-hybridized carbons (Fsp3) is 0.727. The summed E-state index contributed by atoms with van der Waals surface area (Å²) in [4.78, 5) is 11.4. The van der Waals surface area contributed by atoms with Gasteiger partial charge in [-0.1, -0.05) is 6.58 Å². The molecule has 104 valence electrons. The maximum atomic E-state index is 12.5. The van der Waals surface area contributed by atoms with Crippen LogP contribution >= 0.6 is 0 Å². The van der Waals surface area contributed by atoms with Gasteiger partial charge in [-0.15, -0.1) is 0 Å². The second-order valence-electron chi connectivity index (χ2n) is 4.85. The van der Waals surface area contributed by atoms with Gasteiger partial charge in [0.2, 0.25) is 5.60 Å². The summed E-state index contributed by atoms with van der Waals surface area (Å²) in [5.41, 5.74) is -2.58. The molecule has 0 aromatic heterocycles. The Balaban J connectivity index is 2.58. The first kappa shape index (κ1) is 14.7. The number of amides is 1. The van der Waals surface area contributed by atoms with Crippen LogP contribution in [0.3, 0.4) is 0 Å². The Morgan fingerprint density at radius 1 is 1.44 bits per heavy atom. The lowest BCUT2D eigenvalue weighted by molar-refractivity contribution is -0.244. The molecule has 1 rings (SSSR count). The van der Waals surface area contributed by atoms with Crippen LogP contribution in [0.15, 0.2) is 12.3 Å². The normalized spacial score (nSPS) is 18.1. The molecule has 7 heteroatoms. The molecule has 0 unspecified atom stereocenters. The number of carbonyl (C=O) groups is 1. The van der Waals surface area contributed by atoms with E-state index in [2.05, 4.69) is 16.6 Å². The molecule has 18 heavy (non-hydrogen) atoms. The third-order valence-electron chi connectivity index (χ3n) is 2.76. The number of aliphatic hydroxyl groups is 1. The standard InChI is InChI=1S/C11H16F3NO3/c1-6(16)8(7-4-5-7)15-9(17)18-10(2,3)11(12,13)14/h7-8,16H,1,4-5H2,2-3H3,(H,15,17)/t8-/m1/s1. The fourth-order valence-electron chi connectivity index (χ4n) is 1.35. The van der Waals surface area contributed by atoms with E-state index in [0.29, 0.717) is 0 Å². The Hall–Kier alpha value is -1.40. The zero-order chi connectivity index (χ0) is 14.1. The average molecular weight is 267 g/mol. The van der Waals surface area contributed by atoms with E-state index in [0.717, 1.165) is 26.7 Å². The van der Waals surface area contributed by atoms with Gasteiger partial charge in [-0.3, -0.25) is 0 Å². The van der Waals surface area contributed by atoms with Crippen LogP contribution in [-0.2, 0) is 4.74 Å². The van der Waals surface area contributed by atoms with Crippen molar-refractivity contribution in [2.45, 2.75) is 44.5 Å². The number of nitrogens with one attached hydrogen (secondary N) is 1. The molecule has 0 aliphatic heterocycles. The number of rotatable bonds is 4. The van der Waals surface area contributed by atoms with Gasteiger partial charge in [-0.2, -0.15) is 13.2 Å². The molecular weight excluding hydrogens is 251 g/mol. The predicted molar refractivity (Wildman–Crippen MR) is 58.0 cm³/mol. The zero-order valence-electron chi connectivity index (χ0n) is 10.2. The smallest absolute Gasteiger partial charge is 0.427 e. The largest absolute Gasteiger partial charge is 0.511 e. The Morgan fingerprint density at radius 2 is 1.94 bits per heavy atom. The third kappa shape index (κ3) is 3.54. The maximum absolute atomic E-state index is 12.5. The van der Waals surface area contributed by atoms with Gasteiger partial charge in [0.15, 0.2) is 0 Å². The lowest BCUT2D eigenvalue weighted by Gasteiger charge is -2.28. The van der Waals surface area contributed by atoms with Crippen LogP contribution in [0, 0.1) is 5.92 Å². The lowest BCUT2D eigenvalue weighted by atomic mass is 10.1. The van der Waals surface area contributed by atoms with Crippen molar-refractivity contribution >= 4 is 6.09 Å². The Kier molecular flexibility index (Phi) is 3.83. The highest BCUT2D eigenvalue weighted by atomic mass is 19.4. The summed E-state index contributed by atoms with van der Waals surface area (Å²) in [7, 11) is 0. The highest BCUT2D eigenvalue weighted by Gasteiger charge is 2.51. The number of ether oxygens (including phenoxy) is 1. The molecule has 1 atom stereocenters. The first-order valence-corrected chi connectivity index (χ1v) is 5.48. The van der Waals surface area contributed by atoms with Gasteiger partial charge in [0, 0.05) is 0 Å². The van der Waals surface area contributed by atoms with Gasteiger partial charge < -0.3 is 15.2 Å². The molecule has 1 aliphatic rings. The van der Waals surface area contributed by atoms with Crippen molar-refractivity contribution in [2.75, 3.05) is 0 Å². The Labute approximate surface area is 103 Å². The number of hydrogen-bond donors (Lipinski definition) is 2. The van der Waals surface area contributed by atoms with Gasteiger partial charge in [-0.25, -0.2) is 4.79 Å². The number of hydrogen-bond acceptors (Lipinski definition) is 3. The molecule has 0 saturated heterocycles. The molecule has 1 amide bonds. The number of alkyl carbamates (subject to hydrolysis) is 1. The number of halogens is 3. The SMILES string of the molecule is C=C(O)[C@@H](NC(=O)OC(C)(C)C(F)(F)F)C1CC1. The van der Waals surface area contributed by atoms with Crippen molar-refractivity contribution in [2.24, 2.45) is 5.92 Å². The minimum atomic E-state index is -4.66.